The smallest absolute Gasteiger partial charge is 0.262 e. The highest BCUT2D eigenvalue weighted by atomic mass is 32.2. The van der Waals surface area contributed by atoms with Crippen LogP contribution in [0, 0.1) is 11.6 Å². The molecule has 4 rings (SSSR count). The van der Waals surface area contributed by atoms with Crippen molar-refractivity contribution in [1.82, 2.24) is 5.32 Å². The molecule has 1 amide bonds. The zero-order chi connectivity index (χ0) is 30.1. The molecule has 11 heteroatoms. The third-order valence-corrected chi connectivity index (χ3v) is 7.73. The van der Waals surface area contributed by atoms with Gasteiger partial charge in [0.15, 0.2) is 23.6 Å². The molecule has 0 saturated heterocycles. The molecule has 0 radical (unpaired) electrons. The van der Waals surface area contributed by atoms with Gasteiger partial charge in [0.1, 0.15) is 5.82 Å². The first-order valence-corrected chi connectivity index (χ1v) is 14.4. The maximum atomic E-state index is 14.8. The number of carbonyl (C=O) groups excluding carboxylic acids is 1. The van der Waals surface area contributed by atoms with Crippen LogP contribution < -0.4 is 14.8 Å². The lowest BCUT2D eigenvalue weighted by Crippen LogP contribution is -2.40. The molecule has 0 unspecified atom stereocenters. The summed E-state index contributed by atoms with van der Waals surface area (Å²) in [5.74, 6) is -2.86. The predicted molar refractivity (Wildman–Crippen MR) is 151 cm³/mol. The average Bonchev–Trinajstić information content (AvgIpc) is 3.71. The number of carbonyl (C=O) groups is 1. The normalized spacial score (nSPS) is 13.7. The number of hydrogen-bond acceptors (Lipinski definition) is 6. The Balaban J connectivity index is 1.74. The Kier molecular flexibility index (Phi) is 8.53. The van der Waals surface area contributed by atoms with Crippen molar-refractivity contribution in [3.63, 3.8) is 0 Å². The summed E-state index contributed by atoms with van der Waals surface area (Å²) in [6, 6.07) is 10.3. The van der Waals surface area contributed by atoms with Crippen LogP contribution in [0.15, 0.2) is 60.0 Å². The fourth-order valence-electron chi connectivity index (χ4n) is 4.21. The van der Waals surface area contributed by atoms with E-state index in [2.05, 4.69) is 16.6 Å². The first-order valence-electron chi connectivity index (χ1n) is 12.9. The summed E-state index contributed by atoms with van der Waals surface area (Å²) >= 11 is 0. The van der Waals surface area contributed by atoms with Gasteiger partial charge in [0.25, 0.3) is 15.9 Å². The number of halogens is 2. The third kappa shape index (κ3) is 7.49. The Morgan fingerprint density at radius 2 is 1.78 bits per heavy atom. The standard InChI is InChI=1S/C30H32F2N2O6S/c1-5-17-12-19(18-6-7-18)9-11-27(17)41(38,39)34-24-14-20(29(37)33-30(2,3)4)8-10-25(24)40-26-16-22(31)21(13-23(26)32)15-28(35)36/h5,8-14,16,18,28,34-36H,1,6-7,15H2,2-4H3,(H,33,37). The molecule has 4 N–H and O–H groups in total. The molecular weight excluding hydrogens is 554 g/mol. The second-order valence-corrected chi connectivity index (χ2v) is 12.6. The molecular formula is C30H32F2N2O6S. The van der Waals surface area contributed by atoms with Crippen LogP contribution in [-0.4, -0.2) is 36.4 Å². The lowest BCUT2D eigenvalue weighted by Gasteiger charge is -2.21. The van der Waals surface area contributed by atoms with E-state index in [-0.39, 0.29) is 27.5 Å². The molecule has 3 aromatic carbocycles. The second-order valence-electron chi connectivity index (χ2n) is 11.0. The molecule has 3 aromatic rings. The summed E-state index contributed by atoms with van der Waals surface area (Å²) in [5.41, 5.74) is 0.434. The number of ether oxygens (including phenoxy) is 1. The molecule has 0 heterocycles. The minimum absolute atomic E-state index is 0.0588. The van der Waals surface area contributed by atoms with Gasteiger partial charge in [0, 0.05) is 23.6 Å². The van der Waals surface area contributed by atoms with Crippen molar-refractivity contribution in [1.29, 1.82) is 0 Å². The quantitative estimate of drug-likeness (QED) is 0.234. The van der Waals surface area contributed by atoms with Gasteiger partial charge in [-0.05, 0) is 86.6 Å². The molecule has 1 aliphatic rings. The minimum atomic E-state index is -4.27. The van der Waals surface area contributed by atoms with E-state index in [1.54, 1.807) is 32.9 Å². The summed E-state index contributed by atoms with van der Waals surface area (Å²) in [6.45, 7) is 9.09. The van der Waals surface area contributed by atoms with Crippen molar-refractivity contribution in [2.24, 2.45) is 0 Å². The van der Waals surface area contributed by atoms with Gasteiger partial charge >= 0.3 is 0 Å². The van der Waals surface area contributed by atoms with Crippen LogP contribution in [0.25, 0.3) is 6.08 Å². The van der Waals surface area contributed by atoms with E-state index in [0.29, 0.717) is 11.5 Å². The Bertz CT molecular complexity index is 1600. The monoisotopic (exact) mass is 586 g/mol. The Labute approximate surface area is 237 Å². The van der Waals surface area contributed by atoms with Crippen LogP contribution in [0.3, 0.4) is 0 Å². The number of aliphatic hydroxyl groups is 2. The number of benzene rings is 3. The number of aliphatic hydroxyl groups excluding tert-OH is 1. The van der Waals surface area contributed by atoms with Gasteiger partial charge in [-0.3, -0.25) is 9.52 Å². The fraction of sp³-hybridized carbons (Fsp3) is 0.300. The molecule has 0 aliphatic heterocycles. The van der Waals surface area contributed by atoms with E-state index in [1.165, 1.54) is 30.3 Å². The highest BCUT2D eigenvalue weighted by Gasteiger charge is 2.27. The lowest BCUT2D eigenvalue weighted by atomic mass is 10.1. The summed E-state index contributed by atoms with van der Waals surface area (Å²) in [4.78, 5) is 12.8. The summed E-state index contributed by atoms with van der Waals surface area (Å²) in [7, 11) is -4.27. The largest absolute Gasteiger partial charge is 0.452 e. The van der Waals surface area contributed by atoms with Crippen molar-refractivity contribution >= 4 is 27.7 Å². The van der Waals surface area contributed by atoms with Gasteiger partial charge in [-0.1, -0.05) is 24.8 Å². The van der Waals surface area contributed by atoms with E-state index >= 15 is 0 Å². The summed E-state index contributed by atoms with van der Waals surface area (Å²) in [5, 5.41) is 21.0. The van der Waals surface area contributed by atoms with Crippen LogP contribution in [-0.2, 0) is 16.4 Å². The van der Waals surface area contributed by atoms with Crippen LogP contribution in [0.4, 0.5) is 14.5 Å². The molecule has 8 nitrogen and oxygen atoms in total. The molecule has 1 fully saturated rings. The van der Waals surface area contributed by atoms with Crippen LogP contribution in [0.1, 0.15) is 66.6 Å². The molecule has 1 aliphatic carbocycles. The lowest BCUT2D eigenvalue weighted by molar-refractivity contribution is -0.0387. The molecule has 1 saturated carbocycles. The molecule has 0 spiro atoms. The third-order valence-electron chi connectivity index (χ3n) is 6.29. The van der Waals surface area contributed by atoms with E-state index in [4.69, 9.17) is 14.9 Å². The molecule has 0 bridgehead atoms. The van der Waals surface area contributed by atoms with Gasteiger partial charge in [0.05, 0.1) is 10.6 Å². The minimum Gasteiger partial charge on any atom is -0.452 e. The number of nitrogens with one attached hydrogen (secondary N) is 2. The van der Waals surface area contributed by atoms with Crippen molar-refractivity contribution in [3.05, 3.63) is 89.0 Å². The number of amides is 1. The zero-order valence-electron chi connectivity index (χ0n) is 22.9. The van der Waals surface area contributed by atoms with Crippen molar-refractivity contribution in [2.45, 2.75) is 62.7 Å². The van der Waals surface area contributed by atoms with Crippen LogP contribution >= 0.6 is 0 Å². The Hall–Kier alpha value is -3.80. The van der Waals surface area contributed by atoms with Gasteiger partial charge in [-0.25, -0.2) is 17.2 Å². The zero-order valence-corrected chi connectivity index (χ0v) is 23.7. The SMILES string of the molecule is C=Cc1cc(C2CC2)ccc1S(=O)(=O)Nc1cc(C(=O)NC(C)(C)C)ccc1Oc1cc(F)c(CC(O)O)cc1F. The number of rotatable bonds is 10. The Morgan fingerprint density at radius 1 is 1.07 bits per heavy atom. The van der Waals surface area contributed by atoms with E-state index in [1.807, 2.05) is 0 Å². The molecule has 0 atom stereocenters. The highest BCUT2D eigenvalue weighted by molar-refractivity contribution is 7.92. The average molecular weight is 587 g/mol. The molecule has 218 valence electrons. The fourth-order valence-corrected chi connectivity index (χ4v) is 5.47. The number of hydrogen-bond donors (Lipinski definition) is 4. The van der Waals surface area contributed by atoms with Crippen molar-refractivity contribution in [2.75, 3.05) is 4.72 Å². The van der Waals surface area contributed by atoms with Gasteiger partial charge in [0.2, 0.25) is 0 Å². The predicted octanol–water partition coefficient (Wildman–Crippen LogP) is 5.46. The van der Waals surface area contributed by atoms with Crippen LogP contribution in [0.5, 0.6) is 11.5 Å². The summed E-state index contributed by atoms with van der Waals surface area (Å²) < 4.78 is 64.5. The maximum Gasteiger partial charge on any atom is 0.262 e. The molecule has 0 aromatic heterocycles. The van der Waals surface area contributed by atoms with Crippen LogP contribution in [0.2, 0.25) is 0 Å². The van der Waals surface area contributed by atoms with E-state index in [9.17, 15) is 22.0 Å². The van der Waals surface area contributed by atoms with Gasteiger partial charge in [-0.15, -0.1) is 0 Å². The number of sulfonamides is 1. The molecule has 41 heavy (non-hydrogen) atoms. The Morgan fingerprint density at radius 3 is 2.39 bits per heavy atom. The van der Waals surface area contributed by atoms with Crippen molar-refractivity contribution < 1.29 is 36.9 Å². The van der Waals surface area contributed by atoms with Gasteiger partial charge in [-0.2, -0.15) is 0 Å². The first-order chi connectivity index (χ1) is 19.2. The topological polar surface area (TPSA) is 125 Å². The first kappa shape index (κ1) is 30.2. The maximum absolute atomic E-state index is 14.8. The second kappa shape index (κ2) is 11.6. The van der Waals surface area contributed by atoms with E-state index < -0.39 is 51.6 Å². The van der Waals surface area contributed by atoms with Gasteiger partial charge < -0.3 is 20.3 Å². The number of anilines is 1. The highest BCUT2D eigenvalue weighted by Crippen LogP contribution is 2.41. The van der Waals surface area contributed by atoms with E-state index in [0.717, 1.165) is 30.5 Å². The van der Waals surface area contributed by atoms with Crippen molar-refractivity contribution in [3.8, 4) is 11.5 Å². The summed E-state index contributed by atoms with van der Waals surface area (Å²) in [6.07, 6.45) is 1.07.